The molecule has 0 saturated carbocycles. The fourth-order valence-electron chi connectivity index (χ4n) is 5.26. The van der Waals surface area contributed by atoms with E-state index in [0.29, 0.717) is 12.1 Å². The van der Waals surface area contributed by atoms with E-state index >= 15 is 0 Å². The van der Waals surface area contributed by atoms with Crippen LogP contribution in [0.2, 0.25) is 0 Å². The van der Waals surface area contributed by atoms with E-state index in [1.165, 1.54) is 29.1 Å². The fourth-order valence-corrected chi connectivity index (χ4v) is 5.26. The molecule has 2 saturated heterocycles. The molecule has 6 nitrogen and oxygen atoms in total. The minimum atomic E-state index is 0.620. The van der Waals surface area contributed by atoms with Crippen molar-refractivity contribution in [2.75, 3.05) is 13.1 Å². The van der Waals surface area contributed by atoms with E-state index in [4.69, 9.17) is 9.97 Å². The van der Waals surface area contributed by atoms with E-state index in [2.05, 4.69) is 81.6 Å². The second-order valence-electron chi connectivity index (χ2n) is 8.55. The molecule has 2 aromatic carbocycles. The van der Waals surface area contributed by atoms with Gasteiger partial charge in [0.1, 0.15) is 11.6 Å². The van der Waals surface area contributed by atoms with Gasteiger partial charge in [0.2, 0.25) is 0 Å². The predicted octanol–water partition coefficient (Wildman–Crippen LogP) is 2.92. The number of fused-ring (bicyclic) bond motifs is 4. The van der Waals surface area contributed by atoms with Crippen molar-refractivity contribution >= 4 is 22.1 Å². The van der Waals surface area contributed by atoms with Gasteiger partial charge in [0.05, 0.1) is 35.2 Å². The van der Waals surface area contributed by atoms with Crippen molar-refractivity contribution in [3.63, 3.8) is 0 Å². The number of hydrogen-bond donors (Lipinski definition) is 0. The zero-order valence-corrected chi connectivity index (χ0v) is 17.0. The van der Waals surface area contributed by atoms with Crippen molar-refractivity contribution in [2.45, 2.75) is 31.6 Å². The largest absolute Gasteiger partial charge is 0.330 e. The number of nitrogens with zero attached hydrogens (tertiary/aromatic N) is 6. The van der Waals surface area contributed by atoms with Crippen LogP contribution in [0.1, 0.15) is 18.1 Å². The van der Waals surface area contributed by atoms with Crippen LogP contribution >= 0.6 is 0 Å². The molecule has 148 valence electrons. The summed E-state index contributed by atoms with van der Waals surface area (Å²) in [6, 6.07) is 18.1. The number of imidazole rings is 2. The minimum Gasteiger partial charge on any atom is -0.330 e. The fraction of sp³-hybridized carbons (Fsp3) is 0.391. The van der Waals surface area contributed by atoms with Crippen LogP contribution in [0, 0.1) is 0 Å². The Morgan fingerprint density at radius 3 is 1.59 bits per heavy atom. The Morgan fingerprint density at radius 2 is 1.17 bits per heavy atom. The number of para-hydroxylation sites is 4. The van der Waals surface area contributed by atoms with Crippen LogP contribution in [0.15, 0.2) is 48.5 Å². The minimum absolute atomic E-state index is 0.620. The number of rotatable bonds is 4. The van der Waals surface area contributed by atoms with Gasteiger partial charge in [-0.05, 0) is 30.7 Å². The van der Waals surface area contributed by atoms with Crippen LogP contribution in [-0.2, 0) is 27.2 Å². The SMILES string of the molecule is Cn1c(CN2C[C@@H]3C[C@H]2CN3Cc2nc3ccccc3n2C)nc2ccccc21. The summed E-state index contributed by atoms with van der Waals surface area (Å²) in [5.41, 5.74) is 4.63. The molecule has 6 heteroatoms. The molecule has 0 aliphatic carbocycles. The smallest absolute Gasteiger partial charge is 0.123 e. The van der Waals surface area contributed by atoms with E-state index in [9.17, 15) is 0 Å². The Morgan fingerprint density at radius 1 is 0.724 bits per heavy atom. The molecular formula is C23H26N6. The molecule has 0 radical (unpaired) electrons. The summed E-state index contributed by atoms with van der Waals surface area (Å²) < 4.78 is 4.50. The molecule has 2 aromatic heterocycles. The summed E-state index contributed by atoms with van der Waals surface area (Å²) in [5.74, 6) is 2.33. The van der Waals surface area contributed by atoms with Gasteiger partial charge in [-0.1, -0.05) is 24.3 Å². The summed E-state index contributed by atoms with van der Waals surface area (Å²) >= 11 is 0. The zero-order valence-electron chi connectivity index (χ0n) is 17.0. The van der Waals surface area contributed by atoms with Crippen LogP contribution in [0.4, 0.5) is 0 Å². The third-order valence-electron chi connectivity index (χ3n) is 6.92. The van der Waals surface area contributed by atoms with E-state index in [1.807, 2.05) is 0 Å². The molecule has 6 rings (SSSR count). The maximum Gasteiger partial charge on any atom is 0.123 e. The number of hydrogen-bond acceptors (Lipinski definition) is 4. The first-order chi connectivity index (χ1) is 14.2. The van der Waals surface area contributed by atoms with Crippen LogP contribution in [0.5, 0.6) is 0 Å². The summed E-state index contributed by atoms with van der Waals surface area (Å²) in [5, 5.41) is 0. The lowest BCUT2D eigenvalue weighted by molar-refractivity contribution is 0.112. The molecule has 0 N–H and O–H groups in total. The highest BCUT2D eigenvalue weighted by Gasteiger charge is 2.43. The summed E-state index contributed by atoms with van der Waals surface area (Å²) in [6.45, 7) is 4.12. The molecule has 4 aromatic rings. The van der Waals surface area contributed by atoms with Gasteiger partial charge in [0, 0.05) is 39.3 Å². The molecule has 2 aliphatic rings. The number of benzene rings is 2. The third kappa shape index (κ3) is 2.70. The number of aryl methyl sites for hydroxylation is 2. The molecule has 2 atom stereocenters. The normalized spacial score (nSPS) is 22.4. The zero-order chi connectivity index (χ0) is 19.5. The van der Waals surface area contributed by atoms with Crippen LogP contribution < -0.4 is 0 Å². The first-order valence-corrected chi connectivity index (χ1v) is 10.5. The van der Waals surface area contributed by atoms with Gasteiger partial charge in [-0.3, -0.25) is 9.80 Å². The third-order valence-corrected chi connectivity index (χ3v) is 6.92. The molecule has 2 fully saturated rings. The summed E-state index contributed by atoms with van der Waals surface area (Å²) in [6.07, 6.45) is 1.26. The number of aromatic nitrogens is 4. The van der Waals surface area contributed by atoms with Crippen LogP contribution in [-0.4, -0.2) is 54.1 Å². The Bertz CT molecular complexity index is 1110. The molecule has 4 heterocycles. The van der Waals surface area contributed by atoms with Crippen molar-refractivity contribution in [3.8, 4) is 0 Å². The average Bonchev–Trinajstić information content (AvgIpc) is 3.47. The van der Waals surface area contributed by atoms with E-state index in [-0.39, 0.29) is 0 Å². The first-order valence-electron chi connectivity index (χ1n) is 10.5. The highest BCUT2D eigenvalue weighted by atomic mass is 15.4. The standard InChI is InChI=1S/C23H26N6/c1-26-20-9-5-3-7-18(20)24-22(26)14-28-12-17-11-16(28)13-29(17)15-23-25-19-8-4-6-10-21(19)27(23)2/h3-10,16-17H,11-15H2,1-2H3/t16-,17-/m0/s1. The predicted molar refractivity (Wildman–Crippen MR) is 114 cm³/mol. The Balaban J connectivity index is 1.17. The molecule has 0 amide bonds. The van der Waals surface area contributed by atoms with Crippen molar-refractivity contribution in [2.24, 2.45) is 14.1 Å². The van der Waals surface area contributed by atoms with Gasteiger partial charge in [-0.2, -0.15) is 0 Å². The highest BCUT2D eigenvalue weighted by Crippen LogP contribution is 2.33. The molecule has 2 bridgehead atoms. The maximum absolute atomic E-state index is 4.88. The topological polar surface area (TPSA) is 42.1 Å². The summed E-state index contributed by atoms with van der Waals surface area (Å²) in [7, 11) is 4.27. The molecule has 29 heavy (non-hydrogen) atoms. The van der Waals surface area contributed by atoms with Gasteiger partial charge in [-0.25, -0.2) is 9.97 Å². The Kier molecular flexibility index (Phi) is 3.79. The van der Waals surface area contributed by atoms with Crippen LogP contribution in [0.25, 0.3) is 22.1 Å². The van der Waals surface area contributed by atoms with Crippen LogP contribution in [0.3, 0.4) is 0 Å². The van der Waals surface area contributed by atoms with Gasteiger partial charge in [-0.15, -0.1) is 0 Å². The van der Waals surface area contributed by atoms with E-state index in [1.54, 1.807) is 0 Å². The van der Waals surface area contributed by atoms with Gasteiger partial charge >= 0.3 is 0 Å². The Hall–Kier alpha value is -2.70. The second-order valence-corrected chi connectivity index (χ2v) is 8.55. The first kappa shape index (κ1) is 17.2. The quantitative estimate of drug-likeness (QED) is 0.541. The van der Waals surface area contributed by atoms with Crippen molar-refractivity contribution in [1.82, 2.24) is 28.9 Å². The molecule has 0 unspecified atom stereocenters. The van der Waals surface area contributed by atoms with Gasteiger partial charge < -0.3 is 9.13 Å². The Labute approximate surface area is 170 Å². The van der Waals surface area contributed by atoms with E-state index in [0.717, 1.165) is 37.2 Å². The molecular weight excluding hydrogens is 360 g/mol. The lowest BCUT2D eigenvalue weighted by Crippen LogP contribution is -2.46. The van der Waals surface area contributed by atoms with Crippen molar-refractivity contribution in [1.29, 1.82) is 0 Å². The van der Waals surface area contributed by atoms with Gasteiger partial charge in [0.25, 0.3) is 0 Å². The molecule has 2 aliphatic heterocycles. The lowest BCUT2D eigenvalue weighted by atomic mass is 10.2. The lowest BCUT2D eigenvalue weighted by Gasteiger charge is -2.33. The monoisotopic (exact) mass is 386 g/mol. The molecule has 0 spiro atoms. The maximum atomic E-state index is 4.88. The van der Waals surface area contributed by atoms with Gasteiger partial charge in [0.15, 0.2) is 0 Å². The van der Waals surface area contributed by atoms with Crippen molar-refractivity contribution in [3.05, 3.63) is 60.2 Å². The van der Waals surface area contributed by atoms with Crippen molar-refractivity contribution < 1.29 is 0 Å². The highest BCUT2D eigenvalue weighted by molar-refractivity contribution is 5.76. The summed E-state index contributed by atoms with van der Waals surface area (Å²) in [4.78, 5) is 15.0. The van der Waals surface area contributed by atoms with E-state index < -0.39 is 0 Å². The number of piperazine rings is 1. The number of likely N-dealkylation sites (tertiary alicyclic amines) is 2. The average molecular weight is 387 g/mol. The second kappa shape index (κ2) is 6.40.